The third kappa shape index (κ3) is 3.82. The highest BCUT2D eigenvalue weighted by Gasteiger charge is 2.51. The van der Waals surface area contributed by atoms with Crippen LogP contribution < -0.4 is 10.1 Å². The first kappa shape index (κ1) is 20.1. The van der Waals surface area contributed by atoms with Crippen LogP contribution in [0.25, 0.3) is 0 Å². The number of nitrogens with zero attached hydrogens (tertiary/aromatic N) is 3. The normalized spacial score (nSPS) is 26.3. The lowest BCUT2D eigenvalue weighted by atomic mass is 9.90. The molecule has 1 N–H and O–H groups in total. The summed E-state index contributed by atoms with van der Waals surface area (Å²) in [6.07, 6.45) is 0. The van der Waals surface area contributed by atoms with Gasteiger partial charge in [0.2, 0.25) is 5.91 Å². The highest BCUT2D eigenvalue weighted by atomic mass is 32.2. The molecule has 3 atom stereocenters. The predicted molar refractivity (Wildman–Crippen MR) is 103 cm³/mol. The Morgan fingerprint density at radius 1 is 1.22 bits per heavy atom. The molecule has 9 heteroatoms. The smallest absolute Gasteiger partial charge is 0.282 e. The maximum Gasteiger partial charge on any atom is 0.282 e. The number of methoxy groups -OCH3 is 1. The Kier molecular flexibility index (Phi) is 5.76. The second-order valence-corrected chi connectivity index (χ2v) is 9.46. The zero-order valence-corrected chi connectivity index (χ0v) is 17.1. The van der Waals surface area contributed by atoms with Crippen LogP contribution in [0.2, 0.25) is 0 Å². The van der Waals surface area contributed by atoms with Crippen LogP contribution in [0.3, 0.4) is 0 Å². The number of likely N-dealkylation sites (N-methyl/N-ethyl adjacent to an activating group) is 1. The molecule has 2 fully saturated rings. The first-order valence-electron chi connectivity index (χ1n) is 9.04. The summed E-state index contributed by atoms with van der Waals surface area (Å²) in [6.45, 7) is 2.24. The van der Waals surface area contributed by atoms with E-state index in [9.17, 15) is 13.2 Å². The van der Waals surface area contributed by atoms with Crippen molar-refractivity contribution in [3.63, 3.8) is 0 Å². The largest absolute Gasteiger partial charge is 0.497 e. The van der Waals surface area contributed by atoms with Crippen molar-refractivity contribution < 1.29 is 17.9 Å². The topological polar surface area (TPSA) is 82.2 Å². The van der Waals surface area contributed by atoms with Crippen LogP contribution in [0, 0.1) is 11.8 Å². The summed E-state index contributed by atoms with van der Waals surface area (Å²) in [6, 6.07) is 7.35. The molecule has 0 aliphatic carbocycles. The van der Waals surface area contributed by atoms with Gasteiger partial charge in [0, 0.05) is 40.8 Å². The van der Waals surface area contributed by atoms with Crippen molar-refractivity contribution in [1.29, 1.82) is 0 Å². The van der Waals surface area contributed by atoms with Crippen LogP contribution in [0.5, 0.6) is 5.75 Å². The molecule has 0 bridgehead atoms. The van der Waals surface area contributed by atoms with E-state index in [0.29, 0.717) is 19.6 Å². The van der Waals surface area contributed by atoms with Crippen LogP contribution in [-0.2, 0) is 15.0 Å². The fourth-order valence-corrected chi connectivity index (χ4v) is 5.54. The van der Waals surface area contributed by atoms with Crippen molar-refractivity contribution in [2.75, 3.05) is 54.4 Å². The van der Waals surface area contributed by atoms with Crippen molar-refractivity contribution >= 4 is 16.1 Å². The van der Waals surface area contributed by atoms with Gasteiger partial charge in [-0.3, -0.25) is 9.69 Å². The molecule has 1 aromatic rings. The monoisotopic (exact) mass is 396 g/mol. The molecule has 8 nitrogen and oxygen atoms in total. The number of carbonyl (C=O) groups is 1. The number of likely N-dealkylation sites (tertiary alicyclic amines) is 1. The Labute approximate surface area is 161 Å². The van der Waals surface area contributed by atoms with Gasteiger partial charge in [-0.15, -0.1) is 0 Å². The van der Waals surface area contributed by atoms with E-state index in [1.165, 1.54) is 4.31 Å². The zero-order chi connectivity index (χ0) is 19.8. The van der Waals surface area contributed by atoms with Crippen molar-refractivity contribution in [2.45, 2.75) is 6.04 Å². The van der Waals surface area contributed by atoms with Crippen molar-refractivity contribution in [2.24, 2.45) is 11.8 Å². The molecule has 0 unspecified atom stereocenters. The Morgan fingerprint density at radius 3 is 2.44 bits per heavy atom. The average molecular weight is 397 g/mol. The van der Waals surface area contributed by atoms with Gasteiger partial charge in [-0.25, -0.2) is 0 Å². The molecule has 3 rings (SSSR count). The van der Waals surface area contributed by atoms with Crippen LogP contribution in [0.4, 0.5) is 0 Å². The van der Waals surface area contributed by atoms with E-state index in [4.69, 9.17) is 4.74 Å². The molecule has 0 spiro atoms. The molecule has 150 valence electrons. The van der Waals surface area contributed by atoms with E-state index in [1.807, 2.05) is 24.3 Å². The maximum atomic E-state index is 12.9. The van der Waals surface area contributed by atoms with Gasteiger partial charge in [-0.2, -0.15) is 17.0 Å². The second-order valence-electron chi connectivity index (χ2n) is 7.37. The molecule has 2 heterocycles. The number of fused-ring (bicyclic) bond motifs is 1. The lowest BCUT2D eigenvalue weighted by molar-refractivity contribution is -0.121. The Hall–Kier alpha value is -1.68. The number of hydrogen-bond acceptors (Lipinski definition) is 5. The van der Waals surface area contributed by atoms with E-state index >= 15 is 0 Å². The molecule has 2 aliphatic rings. The van der Waals surface area contributed by atoms with Gasteiger partial charge < -0.3 is 10.1 Å². The SMILES string of the molecule is CNC(=O)CN1C[C@H]2CN(S(=O)(=O)N(C)C)[C@@H](c3ccc(OC)cc3)[C@H]2C1. The highest BCUT2D eigenvalue weighted by Crippen LogP contribution is 2.46. The van der Waals surface area contributed by atoms with Crippen molar-refractivity contribution in [3.05, 3.63) is 29.8 Å². The van der Waals surface area contributed by atoms with Gasteiger partial charge in [-0.1, -0.05) is 12.1 Å². The Bertz CT molecular complexity index is 781. The van der Waals surface area contributed by atoms with E-state index in [-0.39, 0.29) is 23.8 Å². The Balaban J connectivity index is 1.91. The summed E-state index contributed by atoms with van der Waals surface area (Å²) >= 11 is 0. The minimum absolute atomic E-state index is 0.0197. The number of carbonyl (C=O) groups excluding carboxylic acids is 1. The lowest BCUT2D eigenvalue weighted by Crippen LogP contribution is -2.43. The van der Waals surface area contributed by atoms with Crippen LogP contribution >= 0.6 is 0 Å². The summed E-state index contributed by atoms with van der Waals surface area (Å²) in [5.41, 5.74) is 0.954. The number of amides is 1. The van der Waals surface area contributed by atoms with Gasteiger partial charge in [0.05, 0.1) is 19.7 Å². The molecule has 0 aromatic heterocycles. The van der Waals surface area contributed by atoms with Gasteiger partial charge in [0.15, 0.2) is 0 Å². The summed E-state index contributed by atoms with van der Waals surface area (Å²) in [4.78, 5) is 13.9. The number of benzene rings is 1. The van der Waals surface area contributed by atoms with Crippen LogP contribution in [0.15, 0.2) is 24.3 Å². The fraction of sp³-hybridized carbons (Fsp3) is 0.611. The minimum atomic E-state index is -3.54. The Morgan fingerprint density at radius 2 is 1.89 bits per heavy atom. The van der Waals surface area contributed by atoms with Gasteiger partial charge in [0.25, 0.3) is 10.2 Å². The minimum Gasteiger partial charge on any atom is -0.497 e. The molecule has 2 aliphatic heterocycles. The molecule has 1 aromatic carbocycles. The predicted octanol–water partition coefficient (Wildman–Crippen LogP) is 0.152. The second kappa shape index (κ2) is 7.75. The molecule has 27 heavy (non-hydrogen) atoms. The molecule has 0 saturated carbocycles. The molecule has 0 radical (unpaired) electrons. The number of hydrogen-bond donors (Lipinski definition) is 1. The molecular weight excluding hydrogens is 368 g/mol. The number of ether oxygens (including phenoxy) is 1. The van der Waals surface area contributed by atoms with Crippen LogP contribution in [0.1, 0.15) is 11.6 Å². The lowest BCUT2D eigenvalue weighted by Gasteiger charge is -2.31. The first-order chi connectivity index (χ1) is 12.8. The summed E-state index contributed by atoms with van der Waals surface area (Å²) in [5.74, 6) is 1.07. The van der Waals surface area contributed by atoms with Gasteiger partial charge in [-0.05, 0) is 29.5 Å². The fourth-order valence-electron chi connectivity index (χ4n) is 4.17. The van der Waals surface area contributed by atoms with Gasteiger partial charge in [0.1, 0.15) is 5.75 Å². The van der Waals surface area contributed by atoms with E-state index < -0.39 is 10.2 Å². The quantitative estimate of drug-likeness (QED) is 0.740. The van der Waals surface area contributed by atoms with Crippen molar-refractivity contribution in [1.82, 2.24) is 18.8 Å². The molecule has 2 saturated heterocycles. The average Bonchev–Trinajstić information content (AvgIpc) is 3.19. The summed E-state index contributed by atoms with van der Waals surface area (Å²) < 4.78 is 34.0. The van der Waals surface area contributed by atoms with Crippen LogP contribution in [-0.4, -0.2) is 82.3 Å². The molecular formula is C18H28N4O4S. The molecule has 1 amide bonds. The number of rotatable bonds is 6. The summed E-state index contributed by atoms with van der Waals surface area (Å²) in [7, 11) is 2.82. The third-order valence-electron chi connectivity index (χ3n) is 5.56. The van der Waals surface area contributed by atoms with E-state index in [0.717, 1.165) is 17.9 Å². The summed E-state index contributed by atoms with van der Waals surface area (Å²) in [5, 5.41) is 2.65. The zero-order valence-electron chi connectivity index (χ0n) is 16.3. The highest BCUT2D eigenvalue weighted by molar-refractivity contribution is 7.86. The maximum absolute atomic E-state index is 12.9. The third-order valence-corrected chi connectivity index (χ3v) is 7.45. The number of nitrogens with one attached hydrogen (secondary N) is 1. The van der Waals surface area contributed by atoms with E-state index in [1.54, 1.807) is 32.6 Å². The standard InChI is InChI=1S/C18H28N4O4S/c1-19-17(23)12-21-9-14-10-22(27(24,25)20(2)3)18(16(14)11-21)13-5-7-15(26-4)8-6-13/h5-8,14,16,18H,9-12H2,1-4H3,(H,19,23)/t14-,16-,18-/m0/s1. The van der Waals surface area contributed by atoms with E-state index in [2.05, 4.69) is 10.2 Å². The van der Waals surface area contributed by atoms with Gasteiger partial charge >= 0.3 is 0 Å². The first-order valence-corrected chi connectivity index (χ1v) is 10.4. The van der Waals surface area contributed by atoms with Crippen molar-refractivity contribution in [3.8, 4) is 5.75 Å².